The van der Waals surface area contributed by atoms with E-state index in [1.807, 2.05) is 6.92 Å². The third kappa shape index (κ3) is 8.06. The molecule has 18 heavy (non-hydrogen) atoms. The van der Waals surface area contributed by atoms with Crippen molar-refractivity contribution in [2.24, 2.45) is 0 Å². The summed E-state index contributed by atoms with van der Waals surface area (Å²) >= 11 is 0. The second kappa shape index (κ2) is 9.75. The molecule has 110 valence electrons. The second-order valence-electron chi connectivity index (χ2n) is 4.97. The number of unbranched alkanes of at least 4 members (excludes halogenated alkanes) is 5. The summed E-state index contributed by atoms with van der Waals surface area (Å²) in [6, 6.07) is 0. The van der Waals surface area contributed by atoms with Crippen LogP contribution in [0.1, 0.15) is 71.6 Å². The van der Waals surface area contributed by atoms with Gasteiger partial charge in [0.25, 0.3) is 10.1 Å². The van der Waals surface area contributed by atoms with Crippen LogP contribution in [0.5, 0.6) is 0 Å². The highest BCUT2D eigenvalue weighted by Gasteiger charge is 2.29. The summed E-state index contributed by atoms with van der Waals surface area (Å²) in [6.45, 7) is 4.00. The molecule has 0 amide bonds. The van der Waals surface area contributed by atoms with Crippen LogP contribution in [0.4, 0.5) is 0 Å². The molecule has 0 aromatic carbocycles. The molecule has 4 nitrogen and oxygen atoms in total. The zero-order chi connectivity index (χ0) is 14.0. The minimum Gasteiger partial charge on any atom is -0.392 e. The van der Waals surface area contributed by atoms with Crippen molar-refractivity contribution in [2.45, 2.75) is 83.0 Å². The fourth-order valence-corrected chi connectivity index (χ4v) is 3.21. The average Bonchev–Trinajstić information content (AvgIpc) is 2.28. The van der Waals surface area contributed by atoms with Crippen LogP contribution >= 0.6 is 0 Å². The molecule has 0 heterocycles. The first-order valence-electron chi connectivity index (χ1n) is 7.07. The minimum absolute atomic E-state index is 0.315. The van der Waals surface area contributed by atoms with Crippen molar-refractivity contribution < 1.29 is 18.1 Å². The lowest BCUT2D eigenvalue weighted by Crippen LogP contribution is -2.33. The van der Waals surface area contributed by atoms with Crippen LogP contribution < -0.4 is 0 Å². The smallest absolute Gasteiger partial charge is 0.270 e. The lowest BCUT2D eigenvalue weighted by atomic mass is 10.0. The molecule has 2 N–H and O–H groups in total. The fraction of sp³-hybridized carbons (Fsp3) is 1.00. The maximum atomic E-state index is 11.1. The van der Waals surface area contributed by atoms with Gasteiger partial charge < -0.3 is 5.11 Å². The van der Waals surface area contributed by atoms with Crippen molar-refractivity contribution in [2.75, 3.05) is 0 Å². The summed E-state index contributed by atoms with van der Waals surface area (Å²) in [5.74, 6) is 0. The van der Waals surface area contributed by atoms with Crippen molar-refractivity contribution in [3.05, 3.63) is 0 Å². The van der Waals surface area contributed by atoms with E-state index in [9.17, 15) is 13.5 Å². The molecule has 0 radical (unpaired) electrons. The third-order valence-electron chi connectivity index (χ3n) is 3.24. The Labute approximate surface area is 112 Å². The summed E-state index contributed by atoms with van der Waals surface area (Å²) in [7, 11) is -4.13. The Balaban J connectivity index is 3.93. The van der Waals surface area contributed by atoms with Gasteiger partial charge in [-0.1, -0.05) is 58.8 Å². The first-order chi connectivity index (χ1) is 8.43. The van der Waals surface area contributed by atoms with Crippen LogP contribution in [0, 0.1) is 0 Å². The Bertz CT molecular complexity index is 287. The highest BCUT2D eigenvalue weighted by atomic mass is 32.2. The first kappa shape index (κ1) is 17.9. The third-order valence-corrected chi connectivity index (χ3v) is 4.55. The molecule has 0 aliphatic rings. The number of hydrogen-bond acceptors (Lipinski definition) is 3. The van der Waals surface area contributed by atoms with Gasteiger partial charge >= 0.3 is 0 Å². The van der Waals surface area contributed by atoms with Gasteiger partial charge in [-0.15, -0.1) is 0 Å². The van der Waals surface area contributed by atoms with E-state index in [-0.39, 0.29) is 0 Å². The van der Waals surface area contributed by atoms with Gasteiger partial charge in [-0.3, -0.25) is 4.55 Å². The van der Waals surface area contributed by atoms with Crippen molar-refractivity contribution in [1.82, 2.24) is 0 Å². The van der Waals surface area contributed by atoms with Crippen LogP contribution in [0.15, 0.2) is 0 Å². The number of hydrogen-bond donors (Lipinski definition) is 2. The van der Waals surface area contributed by atoms with Crippen molar-refractivity contribution in [3.8, 4) is 0 Å². The monoisotopic (exact) mass is 280 g/mol. The predicted molar refractivity (Wildman–Crippen MR) is 74.2 cm³/mol. The fourth-order valence-electron chi connectivity index (χ4n) is 2.14. The molecule has 5 heteroatoms. The summed E-state index contributed by atoms with van der Waals surface area (Å²) in [5.41, 5.74) is 0. The molecular formula is C13H28O4S. The molecule has 0 saturated heterocycles. The zero-order valence-corrected chi connectivity index (χ0v) is 12.5. The Morgan fingerprint density at radius 1 is 0.889 bits per heavy atom. The molecule has 0 aromatic heterocycles. The van der Waals surface area contributed by atoms with Crippen LogP contribution in [0.3, 0.4) is 0 Å². The normalized spacial score (nSPS) is 15.6. The summed E-state index contributed by atoms with van der Waals surface area (Å²) in [6.07, 6.45) is 7.06. The van der Waals surface area contributed by atoms with Gasteiger partial charge in [0, 0.05) is 0 Å². The highest BCUT2D eigenvalue weighted by molar-refractivity contribution is 7.86. The molecule has 0 rings (SSSR count). The molecule has 2 atom stereocenters. The van der Waals surface area contributed by atoms with Crippen molar-refractivity contribution in [3.63, 3.8) is 0 Å². The molecule has 0 aliphatic heterocycles. The van der Waals surface area contributed by atoms with E-state index >= 15 is 0 Å². The van der Waals surface area contributed by atoms with Crippen molar-refractivity contribution in [1.29, 1.82) is 0 Å². The Hall–Kier alpha value is -0.130. The Kier molecular flexibility index (Phi) is 9.68. The predicted octanol–water partition coefficient (Wildman–Crippen LogP) is 3.15. The molecule has 0 saturated carbocycles. The van der Waals surface area contributed by atoms with E-state index in [1.165, 1.54) is 19.3 Å². The maximum absolute atomic E-state index is 11.1. The Morgan fingerprint density at radius 2 is 1.44 bits per heavy atom. The molecule has 0 aliphatic carbocycles. The van der Waals surface area contributed by atoms with E-state index in [0.29, 0.717) is 19.3 Å². The molecule has 0 spiro atoms. The summed E-state index contributed by atoms with van der Waals surface area (Å²) < 4.78 is 31.3. The van der Waals surface area contributed by atoms with E-state index in [1.54, 1.807) is 0 Å². The van der Waals surface area contributed by atoms with Crippen LogP contribution in [0.25, 0.3) is 0 Å². The molecular weight excluding hydrogens is 252 g/mol. The second-order valence-corrected chi connectivity index (χ2v) is 6.60. The number of aliphatic hydroxyl groups excluding tert-OH is 1. The highest BCUT2D eigenvalue weighted by Crippen LogP contribution is 2.17. The lowest BCUT2D eigenvalue weighted by Gasteiger charge is -2.19. The van der Waals surface area contributed by atoms with Gasteiger partial charge in [0.05, 0.1) is 6.10 Å². The lowest BCUT2D eigenvalue weighted by molar-refractivity contribution is 0.147. The summed E-state index contributed by atoms with van der Waals surface area (Å²) in [4.78, 5) is 0. The largest absolute Gasteiger partial charge is 0.392 e. The van der Waals surface area contributed by atoms with E-state index in [2.05, 4.69) is 6.92 Å². The van der Waals surface area contributed by atoms with Gasteiger partial charge in [-0.2, -0.15) is 8.42 Å². The van der Waals surface area contributed by atoms with Crippen molar-refractivity contribution >= 4 is 10.1 Å². The Morgan fingerprint density at radius 3 is 1.94 bits per heavy atom. The standard InChI is InChI=1S/C13H28O4S/c1-3-5-6-7-8-9-11-12(14)13(10-4-2)18(15,16)17/h12-14H,3-11H2,1-2H3,(H,15,16,17). The van der Waals surface area contributed by atoms with Gasteiger partial charge in [0.15, 0.2) is 0 Å². The van der Waals surface area contributed by atoms with E-state index in [4.69, 9.17) is 4.55 Å². The van der Waals surface area contributed by atoms with Gasteiger partial charge in [0.1, 0.15) is 5.25 Å². The van der Waals surface area contributed by atoms with Gasteiger partial charge in [0.2, 0.25) is 0 Å². The quantitative estimate of drug-likeness (QED) is 0.450. The number of aliphatic hydroxyl groups is 1. The zero-order valence-electron chi connectivity index (χ0n) is 11.6. The molecule has 2 unspecified atom stereocenters. The summed E-state index contributed by atoms with van der Waals surface area (Å²) in [5, 5.41) is 8.82. The molecule has 0 aromatic rings. The van der Waals surface area contributed by atoms with E-state index in [0.717, 1.165) is 19.3 Å². The van der Waals surface area contributed by atoms with Crippen LogP contribution in [-0.2, 0) is 10.1 Å². The first-order valence-corrected chi connectivity index (χ1v) is 8.58. The molecule has 0 fully saturated rings. The van der Waals surface area contributed by atoms with Gasteiger partial charge in [-0.05, 0) is 12.8 Å². The maximum Gasteiger partial charge on any atom is 0.270 e. The minimum atomic E-state index is -4.13. The molecule has 0 bridgehead atoms. The average molecular weight is 280 g/mol. The number of rotatable bonds is 11. The topological polar surface area (TPSA) is 74.6 Å². The van der Waals surface area contributed by atoms with Crippen LogP contribution in [-0.4, -0.2) is 29.4 Å². The SMILES string of the molecule is CCCCCCCCC(O)C(CCC)S(=O)(=O)O. The van der Waals surface area contributed by atoms with Gasteiger partial charge in [-0.25, -0.2) is 0 Å². The van der Waals surface area contributed by atoms with E-state index < -0.39 is 21.5 Å². The van der Waals surface area contributed by atoms with Crippen LogP contribution in [0.2, 0.25) is 0 Å².